The maximum atomic E-state index is 11.0. The molecule has 1 N–H and O–H groups in total. The van der Waals surface area contributed by atoms with Gasteiger partial charge in [0.05, 0.1) is 32.8 Å². The van der Waals surface area contributed by atoms with Gasteiger partial charge in [0.1, 0.15) is 0 Å². The van der Waals surface area contributed by atoms with Crippen molar-refractivity contribution in [3.8, 4) is 17.2 Å². The first kappa shape index (κ1) is 16.4. The number of rotatable bonds is 7. The Bertz CT molecular complexity index is 487. The van der Waals surface area contributed by atoms with Crippen LogP contribution in [0.5, 0.6) is 17.2 Å². The zero-order valence-electron chi connectivity index (χ0n) is 12.0. The first-order valence-electron chi connectivity index (χ1n) is 6.20. The first-order valence-corrected chi connectivity index (χ1v) is 6.57. The molecule has 0 aliphatic carbocycles. The van der Waals surface area contributed by atoms with Crippen molar-refractivity contribution < 1.29 is 24.1 Å². The topological polar surface area (TPSA) is 65.0 Å². The third kappa shape index (κ3) is 3.28. The van der Waals surface area contributed by atoms with Crippen LogP contribution in [0.15, 0.2) is 6.07 Å². The molecule has 112 valence electrons. The Hall–Kier alpha value is -1.62. The minimum absolute atomic E-state index is 0.00132. The number of hydrogen-bond donors (Lipinski definition) is 1. The number of aliphatic carboxylic acids is 1. The molecule has 1 unspecified atom stereocenters. The van der Waals surface area contributed by atoms with Crippen molar-refractivity contribution in [2.24, 2.45) is 0 Å². The number of carboxylic acids is 1. The molecule has 1 aromatic rings. The Morgan fingerprint density at radius 2 is 1.75 bits per heavy atom. The van der Waals surface area contributed by atoms with Crippen LogP contribution in [-0.4, -0.2) is 32.4 Å². The minimum atomic E-state index is -0.871. The Labute approximate surface area is 123 Å². The van der Waals surface area contributed by atoms with Gasteiger partial charge in [-0.3, -0.25) is 4.79 Å². The van der Waals surface area contributed by atoms with Crippen LogP contribution in [0.1, 0.15) is 31.2 Å². The highest BCUT2D eigenvalue weighted by atomic mass is 35.5. The molecule has 0 spiro atoms. The lowest BCUT2D eigenvalue weighted by molar-refractivity contribution is -0.137. The van der Waals surface area contributed by atoms with Gasteiger partial charge in [0.15, 0.2) is 11.5 Å². The fourth-order valence-electron chi connectivity index (χ4n) is 2.18. The van der Waals surface area contributed by atoms with E-state index in [1.807, 2.05) is 6.92 Å². The Balaban J connectivity index is 3.45. The molecule has 0 aliphatic heterocycles. The number of carbonyl (C=O) groups is 1. The van der Waals surface area contributed by atoms with E-state index in [2.05, 4.69) is 0 Å². The summed E-state index contributed by atoms with van der Waals surface area (Å²) in [7, 11) is 4.47. The number of hydrogen-bond acceptors (Lipinski definition) is 4. The second kappa shape index (κ2) is 7.24. The fourth-order valence-corrected chi connectivity index (χ4v) is 2.47. The van der Waals surface area contributed by atoms with Gasteiger partial charge in [-0.15, -0.1) is 0 Å². The van der Waals surface area contributed by atoms with Gasteiger partial charge in [-0.1, -0.05) is 18.5 Å². The Morgan fingerprint density at radius 3 is 2.15 bits per heavy atom. The first-order chi connectivity index (χ1) is 9.49. The van der Waals surface area contributed by atoms with Crippen LogP contribution < -0.4 is 14.2 Å². The molecule has 0 saturated carbocycles. The maximum absolute atomic E-state index is 11.0. The molecule has 0 bridgehead atoms. The molecule has 1 aromatic carbocycles. The lowest BCUT2D eigenvalue weighted by atomic mass is 9.92. The van der Waals surface area contributed by atoms with E-state index < -0.39 is 5.97 Å². The number of methoxy groups -OCH3 is 3. The quantitative estimate of drug-likeness (QED) is 0.837. The summed E-state index contributed by atoms with van der Waals surface area (Å²) in [4.78, 5) is 11.0. The zero-order valence-corrected chi connectivity index (χ0v) is 12.8. The van der Waals surface area contributed by atoms with Crippen LogP contribution in [-0.2, 0) is 4.79 Å². The van der Waals surface area contributed by atoms with E-state index in [1.54, 1.807) is 6.07 Å². The molecule has 0 fully saturated rings. The van der Waals surface area contributed by atoms with E-state index in [0.717, 1.165) is 0 Å². The third-order valence-corrected chi connectivity index (χ3v) is 3.42. The smallest absolute Gasteiger partial charge is 0.303 e. The van der Waals surface area contributed by atoms with Gasteiger partial charge in [0, 0.05) is 5.56 Å². The highest BCUT2D eigenvalue weighted by molar-refractivity contribution is 6.32. The number of ether oxygens (including phenoxy) is 3. The van der Waals surface area contributed by atoms with E-state index in [9.17, 15) is 4.79 Å². The third-order valence-electron chi connectivity index (χ3n) is 3.14. The summed E-state index contributed by atoms with van der Waals surface area (Å²) in [6.45, 7) is 1.91. The highest BCUT2D eigenvalue weighted by Crippen LogP contribution is 2.48. The van der Waals surface area contributed by atoms with Crippen molar-refractivity contribution in [1.29, 1.82) is 0 Å². The molecule has 0 heterocycles. The van der Waals surface area contributed by atoms with Crippen molar-refractivity contribution >= 4 is 17.6 Å². The van der Waals surface area contributed by atoms with Gasteiger partial charge in [-0.05, 0) is 18.4 Å². The zero-order chi connectivity index (χ0) is 15.3. The number of benzene rings is 1. The van der Waals surface area contributed by atoms with E-state index in [-0.39, 0.29) is 12.3 Å². The summed E-state index contributed by atoms with van der Waals surface area (Å²) in [5.41, 5.74) is 0.708. The number of halogens is 1. The van der Waals surface area contributed by atoms with Crippen molar-refractivity contribution in [3.63, 3.8) is 0 Å². The van der Waals surface area contributed by atoms with Gasteiger partial charge in [-0.2, -0.15) is 0 Å². The molecule has 1 atom stereocenters. The van der Waals surface area contributed by atoms with Crippen molar-refractivity contribution in [2.45, 2.75) is 25.7 Å². The summed E-state index contributed by atoms with van der Waals surface area (Å²) >= 11 is 6.17. The number of carboxylic acid groups (broad SMARTS) is 1. The van der Waals surface area contributed by atoms with Crippen molar-refractivity contribution in [2.75, 3.05) is 21.3 Å². The average Bonchev–Trinajstić information content (AvgIpc) is 2.43. The lowest BCUT2D eigenvalue weighted by Crippen LogP contribution is -2.08. The van der Waals surface area contributed by atoms with Crippen molar-refractivity contribution in [3.05, 3.63) is 16.7 Å². The Kier molecular flexibility index (Phi) is 5.95. The summed E-state index contributed by atoms with van der Waals surface area (Å²) in [6.07, 6.45) is 0.646. The van der Waals surface area contributed by atoms with E-state index in [0.29, 0.717) is 34.3 Å². The fraction of sp³-hybridized carbons (Fsp3) is 0.500. The summed E-state index contributed by atoms with van der Waals surface area (Å²) in [6, 6.07) is 1.68. The predicted octanol–water partition coefficient (Wildman–Crippen LogP) is 3.33. The van der Waals surface area contributed by atoms with Gasteiger partial charge < -0.3 is 19.3 Å². The van der Waals surface area contributed by atoms with Crippen molar-refractivity contribution in [1.82, 2.24) is 0 Å². The Morgan fingerprint density at radius 1 is 1.20 bits per heavy atom. The van der Waals surface area contributed by atoms with Crippen LogP contribution in [0.2, 0.25) is 5.02 Å². The normalized spacial score (nSPS) is 11.8. The maximum Gasteiger partial charge on any atom is 0.303 e. The standard InChI is InChI=1S/C14H19ClO5/c1-5-8(6-11(16)17)9-7-10(15)13(19-3)14(20-4)12(9)18-2/h7-8H,5-6H2,1-4H3,(H,16,17). The van der Waals surface area contributed by atoms with Crippen LogP contribution >= 0.6 is 11.6 Å². The average molecular weight is 303 g/mol. The van der Waals surface area contributed by atoms with E-state index in [1.165, 1.54) is 21.3 Å². The monoisotopic (exact) mass is 302 g/mol. The SMILES string of the molecule is CCC(CC(=O)O)c1cc(Cl)c(OC)c(OC)c1OC. The minimum Gasteiger partial charge on any atom is -0.492 e. The second-order valence-corrected chi connectivity index (χ2v) is 4.66. The molecule has 1 rings (SSSR count). The molecule has 5 nitrogen and oxygen atoms in total. The van der Waals surface area contributed by atoms with E-state index in [4.69, 9.17) is 30.9 Å². The van der Waals surface area contributed by atoms with Crippen LogP contribution in [0.4, 0.5) is 0 Å². The highest BCUT2D eigenvalue weighted by Gasteiger charge is 2.25. The molecule has 0 radical (unpaired) electrons. The molecule has 0 aromatic heterocycles. The molecule has 0 amide bonds. The van der Waals surface area contributed by atoms with Crippen LogP contribution in [0.25, 0.3) is 0 Å². The molecular formula is C14H19ClO5. The largest absolute Gasteiger partial charge is 0.492 e. The summed E-state index contributed by atoms with van der Waals surface area (Å²) in [5, 5.41) is 9.37. The second-order valence-electron chi connectivity index (χ2n) is 4.25. The lowest BCUT2D eigenvalue weighted by Gasteiger charge is -2.21. The van der Waals surface area contributed by atoms with Gasteiger partial charge in [-0.25, -0.2) is 0 Å². The van der Waals surface area contributed by atoms with Gasteiger partial charge in [0.2, 0.25) is 5.75 Å². The molecular weight excluding hydrogens is 284 g/mol. The molecule has 20 heavy (non-hydrogen) atoms. The van der Waals surface area contributed by atoms with E-state index >= 15 is 0 Å². The van der Waals surface area contributed by atoms with Crippen LogP contribution in [0.3, 0.4) is 0 Å². The molecule has 6 heteroatoms. The summed E-state index contributed by atoms with van der Waals surface area (Å²) < 4.78 is 15.9. The predicted molar refractivity (Wildman–Crippen MR) is 76.4 cm³/mol. The molecule has 0 saturated heterocycles. The van der Waals surface area contributed by atoms with Gasteiger partial charge in [0.25, 0.3) is 0 Å². The van der Waals surface area contributed by atoms with Gasteiger partial charge >= 0.3 is 5.97 Å². The summed E-state index contributed by atoms with van der Waals surface area (Å²) in [5.74, 6) is 0.132. The molecule has 0 aliphatic rings. The van der Waals surface area contributed by atoms with Crippen LogP contribution in [0, 0.1) is 0 Å².